The minimum absolute atomic E-state index is 0.0990. The first-order valence-corrected chi connectivity index (χ1v) is 1.85. The maximum atomic E-state index is 8.05. The van der Waals surface area contributed by atoms with Crippen LogP contribution in [0, 0.1) is 11.8 Å². The maximum Gasteiger partial charge on any atom is 0.104 e. The van der Waals surface area contributed by atoms with Crippen molar-refractivity contribution in [2.45, 2.75) is 0 Å². The molecule has 0 heterocycles. The Bertz CT molecular complexity index is 130. The largest absolute Gasteiger partial charge is 0.384 e. The number of allylic oxidation sites excluding steroid dienone is 1. The Morgan fingerprint density at radius 3 is 2.86 bits per heavy atom. The second kappa shape index (κ2) is 5.04. The van der Waals surface area contributed by atoms with Crippen LogP contribution in [-0.2, 0) is 0 Å². The Morgan fingerprint density at radius 2 is 2.43 bits per heavy atom. The number of rotatable bonds is 0. The van der Waals surface area contributed by atoms with E-state index in [0.717, 1.165) is 0 Å². The van der Waals surface area contributed by atoms with Crippen LogP contribution < -0.4 is 0 Å². The molecule has 0 atom stereocenters. The van der Waals surface area contributed by atoms with Gasteiger partial charge in [0.1, 0.15) is 6.61 Å². The normalized spacial score (nSPS) is 5.29. The smallest absolute Gasteiger partial charge is 0.104 e. The number of aliphatic hydroxyl groups excluding tert-OH is 1. The van der Waals surface area contributed by atoms with Gasteiger partial charge in [-0.2, -0.15) is 0 Å². The van der Waals surface area contributed by atoms with Crippen molar-refractivity contribution < 1.29 is 5.11 Å². The van der Waals surface area contributed by atoms with Gasteiger partial charge in [-0.25, -0.2) is 0 Å². The van der Waals surface area contributed by atoms with Gasteiger partial charge in [0.25, 0.3) is 0 Å². The van der Waals surface area contributed by atoms with Gasteiger partial charge in [-0.15, -0.1) is 5.73 Å². The molecule has 0 spiro atoms. The number of hydrogen-bond acceptors (Lipinski definition) is 1. The zero-order valence-electron chi connectivity index (χ0n) is 3.94. The van der Waals surface area contributed by atoms with E-state index in [4.69, 9.17) is 5.11 Å². The van der Waals surface area contributed by atoms with E-state index in [2.05, 4.69) is 24.2 Å². The van der Waals surface area contributed by atoms with Gasteiger partial charge in [-0.3, -0.25) is 0 Å². The lowest BCUT2D eigenvalue weighted by atomic mass is 10.5. The van der Waals surface area contributed by atoms with E-state index >= 15 is 0 Å². The van der Waals surface area contributed by atoms with E-state index in [1.165, 1.54) is 6.08 Å². The van der Waals surface area contributed by atoms with Crippen LogP contribution in [0.1, 0.15) is 0 Å². The third-order valence-corrected chi connectivity index (χ3v) is 0.355. The molecule has 1 heteroatoms. The van der Waals surface area contributed by atoms with E-state index < -0.39 is 0 Å². The summed E-state index contributed by atoms with van der Waals surface area (Å²) in [4.78, 5) is 0. The molecule has 0 aliphatic rings. The summed E-state index contributed by atoms with van der Waals surface area (Å²) in [5.41, 5.74) is 2.44. The predicted octanol–water partition coefficient (Wildman–Crippen LogP) is 0.323. The summed E-state index contributed by atoms with van der Waals surface area (Å²) in [7, 11) is 0. The third-order valence-electron chi connectivity index (χ3n) is 0.355. The van der Waals surface area contributed by atoms with E-state index in [0.29, 0.717) is 0 Å². The molecular formula is C6H6O. The van der Waals surface area contributed by atoms with Crippen LogP contribution in [0.4, 0.5) is 0 Å². The van der Waals surface area contributed by atoms with Crippen molar-refractivity contribution in [2.75, 3.05) is 6.61 Å². The summed E-state index contributed by atoms with van der Waals surface area (Å²) < 4.78 is 0. The summed E-state index contributed by atoms with van der Waals surface area (Å²) >= 11 is 0. The zero-order valence-corrected chi connectivity index (χ0v) is 3.94. The van der Waals surface area contributed by atoms with Crippen molar-refractivity contribution in [3.05, 3.63) is 18.4 Å². The van der Waals surface area contributed by atoms with Gasteiger partial charge < -0.3 is 5.11 Å². The first kappa shape index (κ1) is 6.04. The van der Waals surface area contributed by atoms with Crippen molar-refractivity contribution in [1.29, 1.82) is 0 Å². The summed E-state index contributed by atoms with van der Waals surface area (Å²) in [6.45, 7) is 3.17. The van der Waals surface area contributed by atoms with Crippen LogP contribution in [0.2, 0.25) is 0 Å². The fourth-order valence-corrected chi connectivity index (χ4v) is 0.148. The van der Waals surface area contributed by atoms with Gasteiger partial charge in [-0.05, 0) is 0 Å². The fourth-order valence-electron chi connectivity index (χ4n) is 0.148. The summed E-state index contributed by atoms with van der Waals surface area (Å²) in [6, 6.07) is 0. The Balaban J connectivity index is 3.45. The third kappa shape index (κ3) is 5.04. The van der Waals surface area contributed by atoms with Crippen LogP contribution >= 0.6 is 0 Å². The minimum Gasteiger partial charge on any atom is -0.384 e. The average molecular weight is 94.1 g/mol. The van der Waals surface area contributed by atoms with E-state index in [9.17, 15) is 0 Å². The van der Waals surface area contributed by atoms with Crippen molar-refractivity contribution in [1.82, 2.24) is 0 Å². The van der Waals surface area contributed by atoms with Crippen LogP contribution in [0.25, 0.3) is 0 Å². The van der Waals surface area contributed by atoms with E-state index in [1.807, 2.05) is 0 Å². The summed E-state index contributed by atoms with van der Waals surface area (Å²) in [5.74, 6) is 4.88. The maximum absolute atomic E-state index is 8.05. The highest BCUT2D eigenvalue weighted by molar-refractivity contribution is 5.13. The molecule has 0 fully saturated rings. The molecule has 7 heavy (non-hydrogen) atoms. The Kier molecular flexibility index (Phi) is 4.35. The molecule has 0 radical (unpaired) electrons. The van der Waals surface area contributed by atoms with E-state index in [-0.39, 0.29) is 6.61 Å². The molecular weight excluding hydrogens is 88.1 g/mol. The molecule has 0 amide bonds. The molecule has 0 bridgehead atoms. The monoisotopic (exact) mass is 94.0 g/mol. The van der Waals surface area contributed by atoms with Gasteiger partial charge in [-0.1, -0.05) is 18.4 Å². The van der Waals surface area contributed by atoms with Crippen molar-refractivity contribution in [3.8, 4) is 11.8 Å². The second-order valence-electron chi connectivity index (χ2n) is 0.828. The molecule has 0 aliphatic heterocycles. The molecule has 1 N–H and O–H groups in total. The number of aliphatic hydroxyl groups is 1. The second-order valence-corrected chi connectivity index (χ2v) is 0.828. The first-order valence-electron chi connectivity index (χ1n) is 1.85. The van der Waals surface area contributed by atoms with Gasteiger partial charge in [0.05, 0.1) is 0 Å². The minimum atomic E-state index is -0.0990. The highest BCUT2D eigenvalue weighted by atomic mass is 16.2. The standard InChI is InChI=1S/C6H6O/c1-2-3-4-5-6-7/h3,7H,1,6H2. The lowest BCUT2D eigenvalue weighted by Gasteiger charge is -1.62. The quantitative estimate of drug-likeness (QED) is 0.338. The number of hydrogen-bond donors (Lipinski definition) is 1. The summed E-state index contributed by atoms with van der Waals surface area (Å²) in [6.07, 6.45) is 1.45. The average Bonchev–Trinajstić information content (AvgIpc) is 1.69. The molecule has 36 valence electrons. The van der Waals surface area contributed by atoms with Crippen LogP contribution in [0.15, 0.2) is 18.4 Å². The topological polar surface area (TPSA) is 20.2 Å². The first-order chi connectivity index (χ1) is 3.41. The molecule has 0 rings (SSSR count). The molecule has 0 aromatic heterocycles. The highest BCUT2D eigenvalue weighted by Gasteiger charge is 1.53. The Morgan fingerprint density at radius 1 is 1.71 bits per heavy atom. The Hall–Kier alpha value is -0.960. The molecule has 0 saturated heterocycles. The van der Waals surface area contributed by atoms with Crippen molar-refractivity contribution in [3.63, 3.8) is 0 Å². The molecule has 0 aromatic rings. The van der Waals surface area contributed by atoms with Crippen molar-refractivity contribution in [2.24, 2.45) is 0 Å². The van der Waals surface area contributed by atoms with Crippen molar-refractivity contribution >= 4 is 0 Å². The summed E-state index contributed by atoms with van der Waals surface area (Å²) in [5, 5.41) is 8.05. The van der Waals surface area contributed by atoms with E-state index in [1.54, 1.807) is 0 Å². The SMILES string of the molecule is C=C=CC#CCO. The molecule has 0 aromatic carbocycles. The van der Waals surface area contributed by atoms with Gasteiger partial charge >= 0.3 is 0 Å². The highest BCUT2D eigenvalue weighted by Crippen LogP contribution is 1.56. The molecule has 0 aliphatic carbocycles. The van der Waals surface area contributed by atoms with Crippen LogP contribution in [0.5, 0.6) is 0 Å². The van der Waals surface area contributed by atoms with Gasteiger partial charge in [0.15, 0.2) is 0 Å². The predicted molar refractivity (Wildman–Crippen MR) is 28.6 cm³/mol. The fraction of sp³-hybridized carbons (Fsp3) is 0.167. The lowest BCUT2D eigenvalue weighted by molar-refractivity contribution is 0.350. The van der Waals surface area contributed by atoms with Gasteiger partial charge in [0, 0.05) is 6.08 Å². The zero-order chi connectivity index (χ0) is 5.54. The molecule has 0 unspecified atom stereocenters. The Labute approximate surface area is 43.0 Å². The molecule has 1 nitrogen and oxygen atoms in total. The van der Waals surface area contributed by atoms with Gasteiger partial charge in [0.2, 0.25) is 0 Å². The lowest BCUT2D eigenvalue weighted by Crippen LogP contribution is -1.67. The molecule has 0 saturated carbocycles. The van der Waals surface area contributed by atoms with Crippen LogP contribution in [-0.4, -0.2) is 11.7 Å². The van der Waals surface area contributed by atoms with Crippen LogP contribution in [0.3, 0.4) is 0 Å².